The SMILES string of the molecule is Cc1nc2ccc(NC(=O)C3CCN(c4ccc(C#N)cn4)CC3)cc2s1. The second kappa shape index (κ2) is 7.33. The van der Waals surface area contributed by atoms with Gasteiger partial charge in [0, 0.05) is 30.9 Å². The number of aromatic nitrogens is 2. The quantitative estimate of drug-likeness (QED) is 0.752. The number of rotatable bonds is 3. The van der Waals surface area contributed by atoms with Crippen LogP contribution in [0.5, 0.6) is 0 Å². The zero-order chi connectivity index (χ0) is 18.8. The number of nitrogens with zero attached hydrogens (tertiary/aromatic N) is 4. The molecule has 6 nitrogen and oxygen atoms in total. The molecule has 1 aromatic carbocycles. The predicted octanol–water partition coefficient (Wildman–Crippen LogP) is 3.73. The monoisotopic (exact) mass is 377 g/mol. The van der Waals surface area contributed by atoms with E-state index in [1.807, 2.05) is 31.2 Å². The predicted molar refractivity (Wildman–Crippen MR) is 107 cm³/mol. The van der Waals surface area contributed by atoms with Crippen molar-refractivity contribution in [2.75, 3.05) is 23.3 Å². The molecule has 7 heteroatoms. The lowest BCUT2D eigenvalue weighted by molar-refractivity contribution is -0.120. The van der Waals surface area contributed by atoms with Crippen LogP contribution in [0.4, 0.5) is 11.5 Å². The molecule has 1 N–H and O–H groups in total. The molecule has 0 unspecified atom stereocenters. The van der Waals surface area contributed by atoms with Crippen molar-refractivity contribution in [3.63, 3.8) is 0 Å². The van der Waals surface area contributed by atoms with E-state index in [0.29, 0.717) is 5.56 Å². The van der Waals surface area contributed by atoms with Crippen molar-refractivity contribution in [2.45, 2.75) is 19.8 Å². The third-order valence-electron chi connectivity index (χ3n) is 4.83. The number of pyridine rings is 1. The normalized spacial score (nSPS) is 14.9. The van der Waals surface area contributed by atoms with Crippen LogP contribution in [0.2, 0.25) is 0 Å². The molecule has 0 radical (unpaired) electrons. The molecule has 0 bridgehead atoms. The molecular weight excluding hydrogens is 358 g/mol. The Balaban J connectivity index is 1.36. The van der Waals surface area contributed by atoms with E-state index in [1.165, 1.54) is 0 Å². The highest BCUT2D eigenvalue weighted by Gasteiger charge is 2.25. The number of hydrogen-bond donors (Lipinski definition) is 1. The molecule has 3 heterocycles. The number of nitrogens with one attached hydrogen (secondary N) is 1. The summed E-state index contributed by atoms with van der Waals surface area (Å²) in [4.78, 5) is 23.6. The molecule has 0 aliphatic carbocycles. The average molecular weight is 377 g/mol. The van der Waals surface area contributed by atoms with Gasteiger partial charge in [0.2, 0.25) is 5.91 Å². The number of fused-ring (bicyclic) bond motifs is 1. The fourth-order valence-corrected chi connectivity index (χ4v) is 4.24. The van der Waals surface area contributed by atoms with Crippen LogP contribution in [0.15, 0.2) is 36.5 Å². The zero-order valence-electron chi connectivity index (χ0n) is 15.0. The maximum absolute atomic E-state index is 12.6. The number of nitriles is 1. The summed E-state index contributed by atoms with van der Waals surface area (Å²) in [5.41, 5.74) is 2.35. The topological polar surface area (TPSA) is 81.9 Å². The maximum Gasteiger partial charge on any atom is 0.227 e. The maximum atomic E-state index is 12.6. The van der Waals surface area contributed by atoms with Crippen molar-refractivity contribution >= 4 is 39.0 Å². The fraction of sp³-hybridized carbons (Fsp3) is 0.300. The van der Waals surface area contributed by atoms with Gasteiger partial charge < -0.3 is 10.2 Å². The molecule has 3 aromatic rings. The van der Waals surface area contributed by atoms with E-state index < -0.39 is 0 Å². The standard InChI is InChI=1S/C20H19N5OS/c1-13-23-17-4-3-16(10-18(17)27-13)24-20(26)15-6-8-25(9-7-15)19-5-2-14(11-21)12-22-19/h2-5,10,12,15H,6-9H2,1H3,(H,24,26). The van der Waals surface area contributed by atoms with Crippen molar-refractivity contribution in [2.24, 2.45) is 5.92 Å². The number of thiazole rings is 1. The molecule has 0 saturated carbocycles. The number of amides is 1. The van der Waals surface area contributed by atoms with Crippen LogP contribution >= 0.6 is 11.3 Å². The van der Waals surface area contributed by atoms with Gasteiger partial charge in [-0.3, -0.25) is 4.79 Å². The molecule has 4 rings (SSSR count). The summed E-state index contributed by atoms with van der Waals surface area (Å²) in [6.07, 6.45) is 3.16. The molecule has 1 aliphatic rings. The molecule has 1 fully saturated rings. The number of hydrogen-bond acceptors (Lipinski definition) is 6. The molecule has 1 saturated heterocycles. The van der Waals surface area contributed by atoms with Crippen LogP contribution in [0.3, 0.4) is 0 Å². The second-order valence-electron chi connectivity index (χ2n) is 6.68. The summed E-state index contributed by atoms with van der Waals surface area (Å²) in [6, 6.07) is 11.6. The molecule has 1 amide bonds. The summed E-state index contributed by atoms with van der Waals surface area (Å²) in [7, 11) is 0. The van der Waals surface area contributed by atoms with Crippen LogP contribution in [0, 0.1) is 24.2 Å². The summed E-state index contributed by atoms with van der Waals surface area (Å²) >= 11 is 1.63. The van der Waals surface area contributed by atoms with E-state index in [4.69, 9.17) is 5.26 Å². The first kappa shape index (κ1) is 17.4. The third-order valence-corrected chi connectivity index (χ3v) is 5.76. The van der Waals surface area contributed by atoms with E-state index in [0.717, 1.165) is 52.7 Å². The number of carbonyl (C=O) groups is 1. The summed E-state index contributed by atoms with van der Waals surface area (Å²) < 4.78 is 1.09. The van der Waals surface area contributed by atoms with Gasteiger partial charge in [0.15, 0.2) is 0 Å². The molecule has 27 heavy (non-hydrogen) atoms. The highest BCUT2D eigenvalue weighted by Crippen LogP contribution is 2.27. The lowest BCUT2D eigenvalue weighted by atomic mass is 9.95. The Morgan fingerprint density at radius 1 is 1.30 bits per heavy atom. The zero-order valence-corrected chi connectivity index (χ0v) is 15.8. The smallest absolute Gasteiger partial charge is 0.227 e. The molecular formula is C20H19N5OS. The number of benzene rings is 1. The molecule has 0 spiro atoms. The van der Waals surface area contributed by atoms with E-state index in [9.17, 15) is 4.79 Å². The summed E-state index contributed by atoms with van der Waals surface area (Å²) in [5, 5.41) is 12.9. The van der Waals surface area contributed by atoms with Gasteiger partial charge in [-0.15, -0.1) is 11.3 Å². The van der Waals surface area contributed by atoms with Crippen molar-refractivity contribution in [3.05, 3.63) is 47.1 Å². The van der Waals surface area contributed by atoms with Gasteiger partial charge in [0.05, 0.1) is 20.8 Å². The van der Waals surface area contributed by atoms with Crippen molar-refractivity contribution in [1.82, 2.24) is 9.97 Å². The summed E-state index contributed by atoms with van der Waals surface area (Å²) in [5.74, 6) is 0.931. The van der Waals surface area contributed by atoms with E-state index in [1.54, 1.807) is 23.6 Å². The summed E-state index contributed by atoms with van der Waals surface area (Å²) in [6.45, 7) is 3.55. The lowest BCUT2D eigenvalue weighted by Crippen LogP contribution is -2.38. The number of anilines is 2. The van der Waals surface area contributed by atoms with Gasteiger partial charge in [-0.25, -0.2) is 9.97 Å². The van der Waals surface area contributed by atoms with Gasteiger partial charge >= 0.3 is 0 Å². The Kier molecular flexibility index (Phi) is 4.73. The number of carbonyl (C=O) groups excluding carboxylic acids is 1. The average Bonchev–Trinajstić information content (AvgIpc) is 3.07. The van der Waals surface area contributed by atoms with Crippen LogP contribution in [0.25, 0.3) is 10.2 Å². The van der Waals surface area contributed by atoms with E-state index in [-0.39, 0.29) is 11.8 Å². The minimum atomic E-state index is -0.00137. The van der Waals surface area contributed by atoms with Crippen LogP contribution < -0.4 is 10.2 Å². The Morgan fingerprint density at radius 2 is 2.11 bits per heavy atom. The fourth-order valence-electron chi connectivity index (χ4n) is 3.37. The van der Waals surface area contributed by atoms with E-state index in [2.05, 4.69) is 26.3 Å². The lowest BCUT2D eigenvalue weighted by Gasteiger charge is -2.32. The third kappa shape index (κ3) is 3.76. The Morgan fingerprint density at radius 3 is 2.81 bits per heavy atom. The minimum Gasteiger partial charge on any atom is -0.357 e. The number of piperidine rings is 1. The second-order valence-corrected chi connectivity index (χ2v) is 7.92. The van der Waals surface area contributed by atoms with Crippen molar-refractivity contribution < 1.29 is 4.79 Å². The van der Waals surface area contributed by atoms with Gasteiger partial charge in [0.1, 0.15) is 11.9 Å². The highest BCUT2D eigenvalue weighted by atomic mass is 32.1. The Bertz CT molecular complexity index is 1010. The van der Waals surface area contributed by atoms with Crippen LogP contribution in [0.1, 0.15) is 23.4 Å². The van der Waals surface area contributed by atoms with E-state index >= 15 is 0 Å². The van der Waals surface area contributed by atoms with Gasteiger partial charge in [-0.05, 0) is 50.1 Å². The van der Waals surface area contributed by atoms with Gasteiger partial charge in [-0.1, -0.05) is 0 Å². The molecule has 136 valence electrons. The first-order chi connectivity index (χ1) is 13.1. The largest absolute Gasteiger partial charge is 0.357 e. The van der Waals surface area contributed by atoms with Crippen LogP contribution in [-0.4, -0.2) is 29.0 Å². The van der Waals surface area contributed by atoms with Gasteiger partial charge in [-0.2, -0.15) is 5.26 Å². The molecule has 1 aliphatic heterocycles. The highest BCUT2D eigenvalue weighted by molar-refractivity contribution is 7.18. The molecule has 0 atom stereocenters. The van der Waals surface area contributed by atoms with Crippen molar-refractivity contribution in [3.8, 4) is 6.07 Å². The Labute approximate surface area is 161 Å². The van der Waals surface area contributed by atoms with Gasteiger partial charge in [0.25, 0.3) is 0 Å². The number of aryl methyl sites for hydroxylation is 1. The Hall–Kier alpha value is -2.98. The molecule has 2 aromatic heterocycles. The first-order valence-electron chi connectivity index (χ1n) is 8.91. The minimum absolute atomic E-state index is 0.00137. The van der Waals surface area contributed by atoms with Crippen LogP contribution in [-0.2, 0) is 4.79 Å². The van der Waals surface area contributed by atoms with Crippen molar-refractivity contribution in [1.29, 1.82) is 5.26 Å². The first-order valence-corrected chi connectivity index (χ1v) is 9.73.